The van der Waals surface area contributed by atoms with Crippen molar-refractivity contribution >= 4 is 0 Å². The molecule has 2 aromatic rings. The molecule has 0 unspecified atom stereocenters. The molecule has 0 radical (unpaired) electrons. The maximum Gasteiger partial charge on any atom is 0.102 e. The van der Waals surface area contributed by atoms with Crippen LogP contribution < -0.4 is 5.73 Å². The van der Waals surface area contributed by atoms with E-state index in [1.165, 1.54) is 0 Å². The van der Waals surface area contributed by atoms with Crippen LogP contribution in [0.25, 0.3) is 5.69 Å². The number of nitriles is 1. The second-order valence-electron chi connectivity index (χ2n) is 4.06. The van der Waals surface area contributed by atoms with Gasteiger partial charge < -0.3 is 10.3 Å². The predicted octanol–water partition coefficient (Wildman–Crippen LogP) is 2.07. The Balaban J connectivity index is 2.66. The quantitative estimate of drug-likeness (QED) is 0.852. The summed E-state index contributed by atoms with van der Waals surface area (Å²) < 4.78 is 1.87. The Hall–Kier alpha value is -2.12. The van der Waals surface area contributed by atoms with Crippen LogP contribution in [0.5, 0.6) is 0 Å². The first-order valence-corrected chi connectivity index (χ1v) is 5.43. The number of nitrogens with zero attached hydrogens (tertiary/aromatic N) is 3. The lowest BCUT2D eigenvalue weighted by atomic mass is 10.1. The number of benzene rings is 1. The first kappa shape index (κ1) is 11.4. The first-order valence-electron chi connectivity index (χ1n) is 5.43. The highest BCUT2D eigenvalue weighted by molar-refractivity contribution is 5.53. The fraction of sp³-hybridized carbons (Fsp3) is 0.231. The van der Waals surface area contributed by atoms with Gasteiger partial charge in [0.1, 0.15) is 6.07 Å². The third-order valence-corrected chi connectivity index (χ3v) is 2.76. The lowest BCUT2D eigenvalue weighted by molar-refractivity contribution is 0.751. The van der Waals surface area contributed by atoms with Crippen LogP contribution in [0, 0.1) is 18.3 Å². The lowest BCUT2D eigenvalue weighted by Crippen LogP contribution is -2.11. The Morgan fingerprint density at radius 2 is 2.24 bits per heavy atom. The number of hydrogen-bond donors (Lipinski definition) is 1. The molecule has 1 aromatic carbocycles. The summed E-state index contributed by atoms with van der Waals surface area (Å²) in [5.74, 6) is 0. The summed E-state index contributed by atoms with van der Waals surface area (Å²) in [6, 6.07) is 7.86. The molecule has 2 N–H and O–H groups in total. The monoisotopic (exact) mass is 226 g/mol. The summed E-state index contributed by atoms with van der Waals surface area (Å²) in [7, 11) is 0. The van der Waals surface area contributed by atoms with Crippen molar-refractivity contribution in [1.82, 2.24) is 9.55 Å². The molecule has 0 aliphatic heterocycles. The Bertz CT molecular complexity index is 575. The molecule has 0 bridgehead atoms. The molecule has 1 aromatic heterocycles. The van der Waals surface area contributed by atoms with Gasteiger partial charge in [0.05, 0.1) is 29.5 Å². The third kappa shape index (κ3) is 1.93. The standard InChI is InChI=1S/C13H14N4/c1-9-4-3-5-12(11(9)6-14)17-8-16-7-13(17)10(2)15/h3-5,7-8,10H,15H2,1-2H3/t10-/m1/s1. The third-order valence-electron chi connectivity index (χ3n) is 2.76. The molecule has 86 valence electrons. The molecule has 1 atom stereocenters. The van der Waals surface area contributed by atoms with Crippen LogP contribution in [0.1, 0.15) is 29.8 Å². The minimum Gasteiger partial charge on any atom is -0.323 e. The predicted molar refractivity (Wildman–Crippen MR) is 65.6 cm³/mol. The average molecular weight is 226 g/mol. The maximum absolute atomic E-state index is 9.21. The molecule has 17 heavy (non-hydrogen) atoms. The largest absolute Gasteiger partial charge is 0.323 e. The van der Waals surface area contributed by atoms with Gasteiger partial charge in [0.25, 0.3) is 0 Å². The topological polar surface area (TPSA) is 67.6 Å². The minimum atomic E-state index is -0.121. The molecule has 2 rings (SSSR count). The smallest absolute Gasteiger partial charge is 0.102 e. The summed E-state index contributed by atoms with van der Waals surface area (Å²) >= 11 is 0. The van der Waals surface area contributed by atoms with Crippen LogP contribution in [-0.2, 0) is 0 Å². The van der Waals surface area contributed by atoms with E-state index in [1.807, 2.05) is 36.6 Å². The molecule has 4 nitrogen and oxygen atoms in total. The maximum atomic E-state index is 9.21. The highest BCUT2D eigenvalue weighted by atomic mass is 15.1. The van der Waals surface area contributed by atoms with Gasteiger partial charge in [-0.05, 0) is 25.5 Å². The van der Waals surface area contributed by atoms with E-state index in [-0.39, 0.29) is 6.04 Å². The second-order valence-corrected chi connectivity index (χ2v) is 4.06. The van der Waals surface area contributed by atoms with E-state index in [0.717, 1.165) is 16.9 Å². The number of hydrogen-bond acceptors (Lipinski definition) is 3. The van der Waals surface area contributed by atoms with Gasteiger partial charge in [-0.15, -0.1) is 0 Å². The van der Waals surface area contributed by atoms with Gasteiger partial charge in [0.2, 0.25) is 0 Å². The molecule has 0 aliphatic carbocycles. The van der Waals surface area contributed by atoms with E-state index < -0.39 is 0 Å². The van der Waals surface area contributed by atoms with Crippen LogP contribution in [0.15, 0.2) is 30.7 Å². The fourth-order valence-corrected chi connectivity index (χ4v) is 1.84. The van der Waals surface area contributed by atoms with E-state index in [2.05, 4.69) is 11.1 Å². The highest BCUT2D eigenvalue weighted by Crippen LogP contribution is 2.21. The van der Waals surface area contributed by atoms with Gasteiger partial charge >= 0.3 is 0 Å². The highest BCUT2D eigenvalue weighted by Gasteiger charge is 2.12. The van der Waals surface area contributed by atoms with Crippen molar-refractivity contribution in [2.24, 2.45) is 5.73 Å². The molecular weight excluding hydrogens is 212 g/mol. The summed E-state index contributed by atoms with van der Waals surface area (Å²) in [6.07, 6.45) is 3.42. The Morgan fingerprint density at radius 1 is 1.47 bits per heavy atom. The number of aromatic nitrogens is 2. The second kappa shape index (κ2) is 4.40. The minimum absolute atomic E-state index is 0.121. The van der Waals surface area contributed by atoms with Crippen LogP contribution >= 0.6 is 0 Å². The van der Waals surface area contributed by atoms with Gasteiger partial charge in [-0.25, -0.2) is 4.98 Å². The molecule has 0 amide bonds. The zero-order chi connectivity index (χ0) is 12.4. The van der Waals surface area contributed by atoms with Crippen LogP contribution in [-0.4, -0.2) is 9.55 Å². The Morgan fingerprint density at radius 3 is 2.88 bits per heavy atom. The van der Waals surface area contributed by atoms with Crippen LogP contribution in [0.2, 0.25) is 0 Å². The molecule has 0 aliphatic rings. The normalized spacial score (nSPS) is 12.1. The average Bonchev–Trinajstić information content (AvgIpc) is 2.77. The van der Waals surface area contributed by atoms with Gasteiger partial charge in [-0.1, -0.05) is 12.1 Å². The lowest BCUT2D eigenvalue weighted by Gasteiger charge is -2.13. The number of aryl methyl sites for hydroxylation is 1. The Labute approximate surface area is 100 Å². The molecule has 0 fully saturated rings. The molecule has 0 saturated heterocycles. The van der Waals surface area contributed by atoms with E-state index in [1.54, 1.807) is 12.5 Å². The van der Waals surface area contributed by atoms with E-state index in [9.17, 15) is 5.26 Å². The van der Waals surface area contributed by atoms with E-state index in [0.29, 0.717) is 5.56 Å². The summed E-state index contributed by atoms with van der Waals surface area (Å²) in [5.41, 5.74) is 9.22. The van der Waals surface area contributed by atoms with Gasteiger partial charge in [-0.3, -0.25) is 0 Å². The molecule has 4 heteroatoms. The summed E-state index contributed by atoms with van der Waals surface area (Å²) in [6.45, 7) is 3.82. The van der Waals surface area contributed by atoms with Crippen molar-refractivity contribution in [3.63, 3.8) is 0 Å². The molecular formula is C13H14N4. The van der Waals surface area contributed by atoms with Crippen molar-refractivity contribution in [2.75, 3.05) is 0 Å². The Kier molecular flexibility index (Phi) is 2.94. The molecule has 0 saturated carbocycles. The summed E-state index contributed by atoms with van der Waals surface area (Å²) in [4.78, 5) is 4.10. The van der Waals surface area contributed by atoms with Crippen LogP contribution in [0.4, 0.5) is 0 Å². The van der Waals surface area contributed by atoms with Crippen molar-refractivity contribution < 1.29 is 0 Å². The van der Waals surface area contributed by atoms with Crippen molar-refractivity contribution in [1.29, 1.82) is 5.26 Å². The number of rotatable bonds is 2. The van der Waals surface area contributed by atoms with Crippen molar-refractivity contribution in [2.45, 2.75) is 19.9 Å². The number of imidazole rings is 1. The SMILES string of the molecule is Cc1cccc(-n2cncc2[C@@H](C)N)c1C#N. The molecule has 1 heterocycles. The van der Waals surface area contributed by atoms with Crippen molar-refractivity contribution in [3.8, 4) is 11.8 Å². The van der Waals surface area contributed by atoms with Gasteiger partial charge in [-0.2, -0.15) is 5.26 Å². The van der Waals surface area contributed by atoms with Crippen molar-refractivity contribution in [3.05, 3.63) is 47.5 Å². The van der Waals surface area contributed by atoms with Crippen LogP contribution in [0.3, 0.4) is 0 Å². The van der Waals surface area contributed by atoms with Gasteiger partial charge in [0, 0.05) is 6.04 Å². The zero-order valence-corrected chi connectivity index (χ0v) is 9.88. The van der Waals surface area contributed by atoms with E-state index >= 15 is 0 Å². The fourth-order valence-electron chi connectivity index (χ4n) is 1.84. The molecule has 0 spiro atoms. The first-order chi connectivity index (χ1) is 8.15. The summed E-state index contributed by atoms with van der Waals surface area (Å²) in [5, 5.41) is 9.21. The van der Waals surface area contributed by atoms with E-state index in [4.69, 9.17) is 5.73 Å². The zero-order valence-electron chi connectivity index (χ0n) is 9.88. The number of nitrogens with two attached hydrogens (primary N) is 1. The van der Waals surface area contributed by atoms with Gasteiger partial charge in [0.15, 0.2) is 0 Å².